The molecular weight excluding hydrogens is 520 g/mol. The van der Waals surface area contributed by atoms with E-state index in [1.165, 1.54) is 17.8 Å². The molecule has 0 saturated heterocycles. The summed E-state index contributed by atoms with van der Waals surface area (Å²) in [7, 11) is -4.29. The molecule has 15 heteroatoms. The minimum Gasteiger partial charge on any atom is -0.462 e. The molecule has 204 valence electrons. The molecule has 0 aliphatic heterocycles. The first kappa shape index (κ1) is 26.3. The maximum atomic E-state index is 15.8. The number of nitrogens with two attached hydrogens (primary N) is 2. The number of halogens is 1. The van der Waals surface area contributed by atoms with Gasteiger partial charge in [-0.3, -0.25) is 9.32 Å². The molecule has 1 unspecified atom stereocenters. The van der Waals surface area contributed by atoms with Crippen molar-refractivity contribution in [1.82, 2.24) is 24.6 Å². The number of nitrogens with one attached hydrogen (secondary N) is 1. The smallest absolute Gasteiger partial charge is 0.459 e. The summed E-state index contributed by atoms with van der Waals surface area (Å²) in [5.74, 6) is -1.24. The maximum absolute atomic E-state index is 15.8. The lowest BCUT2D eigenvalue weighted by molar-refractivity contribution is -0.149. The van der Waals surface area contributed by atoms with Gasteiger partial charge in [-0.1, -0.05) is 18.2 Å². The lowest BCUT2D eigenvalue weighted by atomic mass is 10.1. The Kier molecular flexibility index (Phi) is 6.54. The van der Waals surface area contributed by atoms with Crippen LogP contribution in [0.2, 0.25) is 0 Å². The highest BCUT2D eigenvalue weighted by Crippen LogP contribution is 2.66. The van der Waals surface area contributed by atoms with Gasteiger partial charge in [0.15, 0.2) is 17.6 Å². The van der Waals surface area contributed by atoms with Gasteiger partial charge in [0.2, 0.25) is 5.95 Å². The van der Waals surface area contributed by atoms with Gasteiger partial charge in [-0.15, -0.1) is 0 Å². The Balaban J connectivity index is 1.36. The first-order chi connectivity index (χ1) is 17.9. The molecule has 2 aromatic heterocycles. The third-order valence-electron chi connectivity index (χ3n) is 6.68. The first-order valence-corrected chi connectivity index (χ1v) is 13.6. The zero-order chi connectivity index (χ0) is 27.4. The third kappa shape index (κ3) is 4.57. The molecule has 3 aromatic rings. The zero-order valence-corrected chi connectivity index (χ0v) is 21.8. The maximum Gasteiger partial charge on any atom is 0.459 e. The average molecular weight is 550 g/mol. The van der Waals surface area contributed by atoms with Crippen molar-refractivity contribution < 1.29 is 32.6 Å². The summed E-state index contributed by atoms with van der Waals surface area (Å²) in [5.41, 5.74) is 10.1. The Morgan fingerprint density at radius 1 is 1.26 bits per heavy atom. The second kappa shape index (κ2) is 9.45. The number of hydrogen-bond acceptors (Lipinski definition) is 11. The van der Waals surface area contributed by atoms with Crippen molar-refractivity contribution in [3.8, 4) is 5.75 Å². The Morgan fingerprint density at radius 2 is 1.97 bits per heavy atom. The molecule has 0 bridgehead atoms. The fourth-order valence-electron chi connectivity index (χ4n) is 4.88. The van der Waals surface area contributed by atoms with Gasteiger partial charge in [-0.2, -0.15) is 15.1 Å². The number of carbonyl (C=O) groups excluding carboxylic acids is 1. The van der Waals surface area contributed by atoms with Crippen LogP contribution in [0.5, 0.6) is 5.75 Å². The number of aliphatic hydroxyl groups is 1. The van der Waals surface area contributed by atoms with Crippen LogP contribution in [0.3, 0.4) is 0 Å². The van der Waals surface area contributed by atoms with E-state index in [-0.39, 0.29) is 35.1 Å². The van der Waals surface area contributed by atoms with Crippen LogP contribution in [0.1, 0.15) is 33.2 Å². The number of carbonyl (C=O) groups is 1. The molecule has 6 N–H and O–H groups in total. The van der Waals surface area contributed by atoms with E-state index in [0.717, 1.165) is 0 Å². The quantitative estimate of drug-likeness (QED) is 0.225. The summed E-state index contributed by atoms with van der Waals surface area (Å²) in [6, 6.07) is 6.23. The molecule has 0 spiro atoms. The molecule has 2 fully saturated rings. The Morgan fingerprint density at radius 3 is 2.61 bits per heavy atom. The predicted octanol–water partition coefficient (Wildman–Crippen LogP) is 2.14. The molecule has 0 amide bonds. The molecule has 2 aliphatic rings. The van der Waals surface area contributed by atoms with Gasteiger partial charge in [0.25, 0.3) is 0 Å². The summed E-state index contributed by atoms with van der Waals surface area (Å²) in [6.07, 6.45) is -1.91. The van der Waals surface area contributed by atoms with E-state index in [0.29, 0.717) is 0 Å². The minimum absolute atomic E-state index is 0.0555. The van der Waals surface area contributed by atoms with Crippen LogP contribution < -0.4 is 21.1 Å². The van der Waals surface area contributed by atoms with Gasteiger partial charge in [-0.25, -0.2) is 13.9 Å². The monoisotopic (exact) mass is 549 g/mol. The fourth-order valence-corrected chi connectivity index (χ4v) is 6.63. The predicted molar refractivity (Wildman–Crippen MR) is 135 cm³/mol. The van der Waals surface area contributed by atoms with Gasteiger partial charge in [0, 0.05) is 5.92 Å². The van der Waals surface area contributed by atoms with E-state index >= 15 is 4.39 Å². The Labute approximate surface area is 217 Å². The standard InChI is InChI=1S/C23H29FN7O6P/c1-11(2)35-21(32)12(3)30-38(34,36-13-7-5-4-6-8-13)37-18-14-9-15(17(24)23(14,18)33)31-10-27-16-19(25)28-22(26)29-20(16)31/h4-8,10-12,14-15,17-18,33H,9H2,1-3H3,(H,30,34)(H4,25,26,28,29)/t12-,14+,15+,17+,18?,23+,38+/m0/s1. The number of hydrogen-bond donors (Lipinski definition) is 4. The number of nitrogen functional groups attached to an aromatic ring is 2. The first-order valence-electron chi connectivity index (χ1n) is 12.1. The molecule has 1 aromatic carbocycles. The van der Waals surface area contributed by atoms with E-state index in [2.05, 4.69) is 20.0 Å². The van der Waals surface area contributed by atoms with Crippen LogP contribution in [-0.2, 0) is 18.6 Å². The number of ether oxygens (including phenoxy) is 1. The van der Waals surface area contributed by atoms with E-state index in [4.69, 9.17) is 25.3 Å². The molecule has 7 atom stereocenters. The summed E-state index contributed by atoms with van der Waals surface area (Å²) >= 11 is 0. The highest BCUT2D eigenvalue weighted by atomic mass is 31.2. The second-order valence-corrected chi connectivity index (χ2v) is 11.4. The number of rotatable bonds is 9. The van der Waals surface area contributed by atoms with Gasteiger partial charge in [0.1, 0.15) is 29.0 Å². The van der Waals surface area contributed by atoms with Crippen LogP contribution in [0.15, 0.2) is 36.7 Å². The van der Waals surface area contributed by atoms with Crippen molar-refractivity contribution in [3.05, 3.63) is 36.7 Å². The second-order valence-electron chi connectivity index (χ2n) is 9.75. The summed E-state index contributed by atoms with van der Waals surface area (Å²) in [6.45, 7) is 4.80. The van der Waals surface area contributed by atoms with Crippen LogP contribution in [0.25, 0.3) is 11.2 Å². The summed E-state index contributed by atoms with van der Waals surface area (Å²) in [4.78, 5) is 24.5. The van der Waals surface area contributed by atoms with Gasteiger partial charge >= 0.3 is 13.7 Å². The van der Waals surface area contributed by atoms with Crippen LogP contribution in [-0.4, -0.2) is 60.6 Å². The third-order valence-corrected chi connectivity index (χ3v) is 8.34. The number of benzene rings is 1. The molecule has 0 radical (unpaired) electrons. The highest BCUT2D eigenvalue weighted by molar-refractivity contribution is 7.52. The highest BCUT2D eigenvalue weighted by Gasteiger charge is 2.78. The SMILES string of the molecule is CC(C)OC(=O)[C@H](C)N[P@@](=O)(Oc1ccccc1)OC1[C@H]2C[C@@H](n3cnc4c(N)nc(N)nc43)[C@@H](F)[C@@]12O. The number of imidazole rings is 1. The van der Waals surface area contributed by atoms with Gasteiger partial charge < -0.3 is 30.4 Å². The molecular formula is C23H29FN7O6P. The van der Waals surface area contributed by atoms with Crippen molar-refractivity contribution >= 4 is 36.6 Å². The number of anilines is 2. The van der Waals surface area contributed by atoms with Crippen molar-refractivity contribution in [2.75, 3.05) is 11.5 Å². The summed E-state index contributed by atoms with van der Waals surface area (Å²) < 4.78 is 47.6. The Bertz CT molecular complexity index is 1410. The van der Waals surface area contributed by atoms with Crippen molar-refractivity contribution in [3.63, 3.8) is 0 Å². The normalized spacial score (nSPS) is 28.6. The molecule has 2 saturated carbocycles. The van der Waals surface area contributed by atoms with Gasteiger partial charge in [0.05, 0.1) is 18.5 Å². The zero-order valence-electron chi connectivity index (χ0n) is 20.9. The van der Waals surface area contributed by atoms with E-state index < -0.39 is 55.7 Å². The number of para-hydroxylation sites is 1. The number of fused-ring (bicyclic) bond motifs is 2. The average Bonchev–Trinajstić information content (AvgIpc) is 3.10. The van der Waals surface area contributed by atoms with Crippen LogP contribution in [0.4, 0.5) is 16.2 Å². The Hall–Kier alpha value is -3.32. The van der Waals surface area contributed by atoms with Gasteiger partial charge in [-0.05, 0) is 39.3 Å². The number of esters is 1. The van der Waals surface area contributed by atoms with Crippen molar-refractivity contribution in [2.24, 2.45) is 5.92 Å². The number of nitrogens with zero attached hydrogens (tertiary/aromatic N) is 4. The molecule has 13 nitrogen and oxygen atoms in total. The topological polar surface area (TPSA) is 190 Å². The lowest BCUT2D eigenvalue weighted by Crippen LogP contribution is -2.38. The van der Waals surface area contributed by atoms with E-state index in [1.807, 2.05) is 0 Å². The molecule has 2 heterocycles. The van der Waals surface area contributed by atoms with Crippen molar-refractivity contribution in [1.29, 1.82) is 0 Å². The van der Waals surface area contributed by atoms with E-state index in [1.54, 1.807) is 44.2 Å². The molecule has 5 rings (SSSR count). The fraction of sp³-hybridized carbons (Fsp3) is 0.478. The minimum atomic E-state index is -4.29. The largest absolute Gasteiger partial charge is 0.462 e. The summed E-state index contributed by atoms with van der Waals surface area (Å²) in [5, 5.41) is 13.8. The lowest BCUT2D eigenvalue weighted by Gasteiger charge is -2.27. The van der Waals surface area contributed by atoms with E-state index in [9.17, 15) is 14.5 Å². The molecule has 38 heavy (non-hydrogen) atoms. The van der Waals surface area contributed by atoms with Crippen LogP contribution in [0, 0.1) is 5.92 Å². The van der Waals surface area contributed by atoms with Crippen molar-refractivity contribution in [2.45, 2.75) is 63.3 Å². The number of alkyl halides is 1. The number of aromatic nitrogens is 4. The molecule has 2 aliphatic carbocycles. The van der Waals surface area contributed by atoms with Crippen LogP contribution >= 0.6 is 7.75 Å².